The quantitative estimate of drug-likeness (QED) is 0.621. The molecule has 0 saturated heterocycles. The highest BCUT2D eigenvalue weighted by atomic mass is 16.6. The minimum Gasteiger partial charge on any atom is -0.433 e. The third kappa shape index (κ3) is 3.51. The van der Waals surface area contributed by atoms with E-state index >= 15 is 0 Å². The van der Waals surface area contributed by atoms with Crippen molar-refractivity contribution in [3.63, 3.8) is 0 Å². The first-order valence-electron chi connectivity index (χ1n) is 3.54. The maximum Gasteiger partial charge on any atom is 0.405 e. The van der Waals surface area contributed by atoms with E-state index in [1.807, 2.05) is 13.8 Å². The summed E-state index contributed by atoms with van der Waals surface area (Å²) < 4.78 is 4.65. The zero-order valence-corrected chi connectivity index (χ0v) is 6.83. The van der Waals surface area contributed by atoms with Crippen LogP contribution in [0.2, 0.25) is 0 Å². The average molecular weight is 155 g/mol. The van der Waals surface area contributed by atoms with Crippen LogP contribution in [0.5, 0.6) is 0 Å². The highest BCUT2D eigenvalue weighted by Crippen LogP contribution is 2.09. The first-order chi connectivity index (χ1) is 5.11. The van der Waals surface area contributed by atoms with Crippen molar-refractivity contribution in [1.29, 1.82) is 0 Å². The van der Waals surface area contributed by atoms with Gasteiger partial charge in [-0.3, -0.25) is 0 Å². The average Bonchev–Trinajstić information content (AvgIpc) is 1.98. The number of terminal acetylenes is 1. The molecule has 0 bridgehead atoms. The Kier molecular flexibility index (Phi) is 4.12. The van der Waals surface area contributed by atoms with Gasteiger partial charge in [-0.25, -0.2) is 4.79 Å². The summed E-state index contributed by atoms with van der Waals surface area (Å²) in [6.45, 7) is 3.88. The molecule has 0 aliphatic heterocycles. The standard InChI is InChI=1S/C8H13NO2/c1-4-6(3)7(5-2)11-8(9)10/h2,6-7H,4H2,1,3H3,(H2,9,10). The van der Waals surface area contributed by atoms with Crippen LogP contribution in [0.25, 0.3) is 0 Å². The van der Waals surface area contributed by atoms with Gasteiger partial charge in [0.2, 0.25) is 0 Å². The maximum absolute atomic E-state index is 10.3. The highest BCUT2D eigenvalue weighted by Gasteiger charge is 2.15. The van der Waals surface area contributed by atoms with Gasteiger partial charge in [-0.15, -0.1) is 6.42 Å². The molecule has 11 heavy (non-hydrogen) atoms. The second kappa shape index (κ2) is 4.62. The number of carbonyl (C=O) groups excluding carboxylic acids is 1. The lowest BCUT2D eigenvalue weighted by Crippen LogP contribution is -2.26. The van der Waals surface area contributed by atoms with Crippen LogP contribution in [0.3, 0.4) is 0 Å². The second-order valence-corrected chi connectivity index (χ2v) is 2.41. The molecule has 0 aliphatic carbocycles. The molecule has 2 unspecified atom stereocenters. The Balaban J connectivity index is 3.97. The van der Waals surface area contributed by atoms with Crippen molar-refractivity contribution in [3.05, 3.63) is 0 Å². The molecule has 0 aromatic carbocycles. The molecule has 0 saturated carbocycles. The lowest BCUT2D eigenvalue weighted by Gasteiger charge is -2.15. The monoisotopic (exact) mass is 155 g/mol. The lowest BCUT2D eigenvalue weighted by molar-refractivity contribution is 0.106. The van der Waals surface area contributed by atoms with E-state index in [4.69, 9.17) is 12.2 Å². The van der Waals surface area contributed by atoms with Crippen LogP contribution in [0.1, 0.15) is 20.3 Å². The molecular weight excluding hydrogens is 142 g/mol. The van der Waals surface area contributed by atoms with Gasteiger partial charge in [0.15, 0.2) is 6.10 Å². The zero-order valence-electron chi connectivity index (χ0n) is 6.83. The molecule has 0 aliphatic rings. The van der Waals surface area contributed by atoms with Crippen LogP contribution in [0.15, 0.2) is 0 Å². The Morgan fingerprint density at radius 2 is 2.36 bits per heavy atom. The van der Waals surface area contributed by atoms with Gasteiger partial charge in [0.1, 0.15) is 0 Å². The molecule has 62 valence electrons. The summed E-state index contributed by atoms with van der Waals surface area (Å²) in [5.74, 6) is 2.52. The van der Waals surface area contributed by atoms with Crippen LogP contribution in [-0.4, -0.2) is 12.2 Å². The topological polar surface area (TPSA) is 52.3 Å². The van der Waals surface area contributed by atoms with E-state index in [1.165, 1.54) is 0 Å². The first-order valence-corrected chi connectivity index (χ1v) is 3.54. The van der Waals surface area contributed by atoms with E-state index in [9.17, 15) is 4.79 Å². The smallest absolute Gasteiger partial charge is 0.405 e. The SMILES string of the molecule is C#CC(OC(N)=O)C(C)CC. The number of ether oxygens (including phenoxy) is 1. The van der Waals surface area contributed by atoms with Gasteiger partial charge in [-0.1, -0.05) is 19.8 Å². The van der Waals surface area contributed by atoms with Crippen molar-refractivity contribution >= 4 is 6.09 Å². The molecule has 0 radical (unpaired) electrons. The van der Waals surface area contributed by atoms with Crippen molar-refractivity contribution in [1.82, 2.24) is 0 Å². The number of nitrogens with two attached hydrogens (primary N) is 1. The van der Waals surface area contributed by atoms with Gasteiger partial charge in [-0.05, 0) is 6.42 Å². The van der Waals surface area contributed by atoms with Crippen molar-refractivity contribution in [2.45, 2.75) is 26.4 Å². The Morgan fingerprint density at radius 1 is 1.82 bits per heavy atom. The molecular formula is C8H13NO2. The van der Waals surface area contributed by atoms with E-state index in [-0.39, 0.29) is 5.92 Å². The fourth-order valence-electron chi connectivity index (χ4n) is 0.654. The van der Waals surface area contributed by atoms with Gasteiger partial charge in [0.25, 0.3) is 0 Å². The van der Waals surface area contributed by atoms with Crippen LogP contribution in [0.4, 0.5) is 4.79 Å². The fraction of sp³-hybridized carbons (Fsp3) is 0.625. The largest absolute Gasteiger partial charge is 0.433 e. The van der Waals surface area contributed by atoms with E-state index < -0.39 is 12.2 Å². The van der Waals surface area contributed by atoms with Gasteiger partial charge in [0.05, 0.1) is 0 Å². The second-order valence-electron chi connectivity index (χ2n) is 2.41. The normalized spacial score (nSPS) is 14.6. The predicted molar refractivity (Wildman–Crippen MR) is 42.7 cm³/mol. The molecule has 0 heterocycles. The zero-order chi connectivity index (χ0) is 8.85. The van der Waals surface area contributed by atoms with Crippen molar-refractivity contribution < 1.29 is 9.53 Å². The Morgan fingerprint density at radius 3 is 2.64 bits per heavy atom. The molecule has 3 nitrogen and oxygen atoms in total. The Labute approximate surface area is 66.9 Å². The van der Waals surface area contributed by atoms with Crippen LogP contribution in [0, 0.1) is 18.3 Å². The predicted octanol–water partition coefficient (Wildman–Crippen LogP) is 1.13. The summed E-state index contributed by atoms with van der Waals surface area (Å²) in [5.41, 5.74) is 4.80. The molecule has 0 spiro atoms. The van der Waals surface area contributed by atoms with Crippen LogP contribution >= 0.6 is 0 Å². The summed E-state index contributed by atoms with van der Waals surface area (Å²) >= 11 is 0. The molecule has 2 atom stereocenters. The number of hydrogen-bond acceptors (Lipinski definition) is 2. The van der Waals surface area contributed by atoms with E-state index in [0.29, 0.717) is 0 Å². The summed E-state index contributed by atoms with van der Waals surface area (Å²) in [6.07, 6.45) is 4.68. The third-order valence-corrected chi connectivity index (χ3v) is 1.57. The maximum atomic E-state index is 10.3. The summed E-state index contributed by atoms with van der Waals surface area (Å²) in [5, 5.41) is 0. The Bertz CT molecular complexity index is 171. The minimum atomic E-state index is -0.812. The summed E-state index contributed by atoms with van der Waals surface area (Å²) in [6, 6.07) is 0. The summed E-state index contributed by atoms with van der Waals surface area (Å²) in [4.78, 5) is 10.3. The molecule has 0 aromatic rings. The van der Waals surface area contributed by atoms with E-state index in [2.05, 4.69) is 10.7 Å². The molecule has 3 heteroatoms. The van der Waals surface area contributed by atoms with Crippen LogP contribution in [-0.2, 0) is 4.74 Å². The number of hydrogen-bond donors (Lipinski definition) is 1. The molecule has 2 N–H and O–H groups in total. The van der Waals surface area contributed by atoms with Crippen LogP contribution < -0.4 is 5.73 Å². The van der Waals surface area contributed by atoms with E-state index in [1.54, 1.807) is 0 Å². The molecule has 1 amide bonds. The number of rotatable bonds is 3. The Hall–Kier alpha value is -1.17. The molecule has 0 aromatic heterocycles. The number of primary amides is 1. The van der Waals surface area contributed by atoms with Gasteiger partial charge >= 0.3 is 6.09 Å². The lowest BCUT2D eigenvalue weighted by atomic mass is 10.0. The first kappa shape index (κ1) is 9.83. The van der Waals surface area contributed by atoms with Gasteiger partial charge in [0, 0.05) is 5.92 Å². The van der Waals surface area contributed by atoms with Gasteiger partial charge < -0.3 is 10.5 Å². The minimum absolute atomic E-state index is 0.160. The van der Waals surface area contributed by atoms with E-state index in [0.717, 1.165) is 6.42 Å². The molecule has 0 rings (SSSR count). The third-order valence-electron chi connectivity index (χ3n) is 1.57. The fourth-order valence-corrected chi connectivity index (χ4v) is 0.654. The number of amides is 1. The summed E-state index contributed by atoms with van der Waals surface area (Å²) in [7, 11) is 0. The van der Waals surface area contributed by atoms with Crippen molar-refractivity contribution in [3.8, 4) is 12.3 Å². The number of carbonyl (C=O) groups is 1. The van der Waals surface area contributed by atoms with Crippen molar-refractivity contribution in [2.75, 3.05) is 0 Å². The van der Waals surface area contributed by atoms with Gasteiger partial charge in [-0.2, -0.15) is 0 Å². The highest BCUT2D eigenvalue weighted by molar-refractivity contribution is 5.65. The van der Waals surface area contributed by atoms with Crippen molar-refractivity contribution in [2.24, 2.45) is 11.7 Å². The molecule has 0 fully saturated rings.